The molecule has 8 rings (SSSR count). The minimum Gasteiger partial charge on any atom is -0.496 e. The highest BCUT2D eigenvalue weighted by Gasteiger charge is 2.27. The molecular weight excluding hydrogens is 641 g/mol. The fraction of sp³-hybridized carbons (Fsp3) is 0.0833. The summed E-state index contributed by atoms with van der Waals surface area (Å²) < 4.78 is 25.3. The van der Waals surface area contributed by atoms with Gasteiger partial charge < -0.3 is 18.9 Å². The number of methoxy groups -OCH3 is 4. The van der Waals surface area contributed by atoms with E-state index in [2.05, 4.69) is 133 Å². The van der Waals surface area contributed by atoms with E-state index in [0.29, 0.717) is 0 Å². The standard InChI is InChI=1S/C48H38O4/c1-49-41-27-25-35(31-17-9-5-10-18-31)45-43(41)37(33-21-13-7-14-22-33)29-39(47(45)51-3)40-30-38(34-23-15-8-16-24-34)44-42(50-2)28-26-36(46(44)48(40)52-4)32-19-11-6-12-20-32/h5-30H,1-4H3. The second-order valence-corrected chi connectivity index (χ2v) is 12.6. The SMILES string of the molecule is COc1ccc(-c2ccccc2)c2c(OC)c(-c3cc(-c4ccccc4)c4c(OC)ccc(-c5ccccc5)c4c3OC)cc(-c3ccccc3)c12. The third kappa shape index (κ3) is 5.50. The van der Waals surface area contributed by atoms with Crippen molar-refractivity contribution < 1.29 is 18.9 Å². The molecule has 0 aliphatic carbocycles. The van der Waals surface area contributed by atoms with Crippen LogP contribution >= 0.6 is 0 Å². The van der Waals surface area contributed by atoms with Crippen LogP contribution < -0.4 is 18.9 Å². The van der Waals surface area contributed by atoms with Gasteiger partial charge in [-0.2, -0.15) is 0 Å². The Labute approximate surface area is 304 Å². The maximum absolute atomic E-state index is 6.55. The Kier molecular flexibility index (Phi) is 8.80. The van der Waals surface area contributed by atoms with Crippen LogP contribution in [-0.2, 0) is 0 Å². The highest BCUT2D eigenvalue weighted by atomic mass is 16.5. The molecule has 0 spiro atoms. The van der Waals surface area contributed by atoms with E-state index in [4.69, 9.17) is 18.9 Å². The van der Waals surface area contributed by atoms with Crippen molar-refractivity contribution in [3.8, 4) is 78.6 Å². The van der Waals surface area contributed by atoms with E-state index in [1.54, 1.807) is 28.4 Å². The highest BCUT2D eigenvalue weighted by molar-refractivity contribution is 6.18. The van der Waals surface area contributed by atoms with E-state index in [0.717, 1.165) is 100 Å². The van der Waals surface area contributed by atoms with E-state index in [1.165, 1.54) is 0 Å². The van der Waals surface area contributed by atoms with Crippen molar-refractivity contribution in [1.29, 1.82) is 0 Å². The summed E-state index contributed by atoms with van der Waals surface area (Å²) in [6.07, 6.45) is 0. The van der Waals surface area contributed by atoms with Gasteiger partial charge in [0.15, 0.2) is 0 Å². The average Bonchev–Trinajstić information content (AvgIpc) is 3.22. The predicted octanol–water partition coefficient (Wildman–Crippen LogP) is 12.4. The Balaban J connectivity index is 1.61. The molecule has 4 nitrogen and oxygen atoms in total. The zero-order valence-corrected chi connectivity index (χ0v) is 29.6. The molecule has 0 aliphatic heterocycles. The zero-order valence-electron chi connectivity index (χ0n) is 29.6. The maximum atomic E-state index is 6.55. The van der Waals surface area contributed by atoms with E-state index in [-0.39, 0.29) is 0 Å². The zero-order chi connectivity index (χ0) is 35.6. The topological polar surface area (TPSA) is 36.9 Å². The summed E-state index contributed by atoms with van der Waals surface area (Å²) in [6.45, 7) is 0. The van der Waals surface area contributed by atoms with Gasteiger partial charge in [0.1, 0.15) is 23.0 Å². The highest BCUT2D eigenvalue weighted by Crippen LogP contribution is 2.55. The number of fused-ring (bicyclic) bond motifs is 2. The van der Waals surface area contributed by atoms with Gasteiger partial charge in [-0.15, -0.1) is 0 Å². The molecule has 0 aliphatic rings. The molecule has 8 aromatic rings. The molecule has 0 N–H and O–H groups in total. The van der Waals surface area contributed by atoms with Crippen molar-refractivity contribution in [2.45, 2.75) is 0 Å². The molecule has 52 heavy (non-hydrogen) atoms. The lowest BCUT2D eigenvalue weighted by Crippen LogP contribution is -2.00. The van der Waals surface area contributed by atoms with E-state index >= 15 is 0 Å². The molecule has 0 atom stereocenters. The molecule has 254 valence electrons. The quantitative estimate of drug-likeness (QED) is 0.152. The summed E-state index contributed by atoms with van der Waals surface area (Å²) in [5.74, 6) is 3.00. The van der Waals surface area contributed by atoms with Crippen molar-refractivity contribution in [2.24, 2.45) is 0 Å². The van der Waals surface area contributed by atoms with Gasteiger partial charge in [-0.3, -0.25) is 0 Å². The second kappa shape index (κ2) is 14.0. The first-order valence-electron chi connectivity index (χ1n) is 17.3. The van der Waals surface area contributed by atoms with Crippen molar-refractivity contribution in [1.82, 2.24) is 0 Å². The first-order valence-corrected chi connectivity index (χ1v) is 17.3. The Bertz CT molecular complexity index is 2350. The second-order valence-electron chi connectivity index (χ2n) is 12.6. The predicted molar refractivity (Wildman–Crippen MR) is 215 cm³/mol. The number of ether oxygens (including phenoxy) is 4. The van der Waals surface area contributed by atoms with Crippen LogP contribution in [0.15, 0.2) is 158 Å². The average molecular weight is 679 g/mol. The molecule has 0 heterocycles. The van der Waals surface area contributed by atoms with Crippen molar-refractivity contribution in [3.63, 3.8) is 0 Å². The lowest BCUT2D eigenvalue weighted by Gasteiger charge is -2.24. The van der Waals surface area contributed by atoms with Gasteiger partial charge in [0.2, 0.25) is 0 Å². The van der Waals surface area contributed by atoms with Crippen molar-refractivity contribution >= 4 is 21.5 Å². The third-order valence-corrected chi connectivity index (χ3v) is 9.87. The maximum Gasteiger partial charge on any atom is 0.135 e. The minimum atomic E-state index is 0.730. The van der Waals surface area contributed by atoms with Crippen LogP contribution in [-0.4, -0.2) is 28.4 Å². The molecular formula is C48H38O4. The summed E-state index contributed by atoms with van der Waals surface area (Å²) >= 11 is 0. The van der Waals surface area contributed by atoms with Crippen LogP contribution in [0.4, 0.5) is 0 Å². The fourth-order valence-electron chi connectivity index (χ4n) is 7.58. The van der Waals surface area contributed by atoms with Gasteiger partial charge in [-0.25, -0.2) is 0 Å². The summed E-state index contributed by atoms with van der Waals surface area (Å²) in [7, 11) is 6.95. The van der Waals surface area contributed by atoms with E-state index in [9.17, 15) is 0 Å². The summed E-state index contributed by atoms with van der Waals surface area (Å²) in [4.78, 5) is 0. The fourth-order valence-corrected chi connectivity index (χ4v) is 7.58. The van der Waals surface area contributed by atoms with Crippen LogP contribution in [0.25, 0.3) is 77.2 Å². The van der Waals surface area contributed by atoms with Crippen molar-refractivity contribution in [2.75, 3.05) is 28.4 Å². The summed E-state index contributed by atoms with van der Waals surface area (Å²) in [5.41, 5.74) is 10.2. The molecule has 0 radical (unpaired) electrons. The lowest BCUT2D eigenvalue weighted by atomic mass is 9.84. The van der Waals surface area contributed by atoms with Crippen molar-refractivity contribution in [3.05, 3.63) is 158 Å². The molecule has 4 heteroatoms. The van der Waals surface area contributed by atoms with Gasteiger partial charge in [-0.05, 0) is 80.9 Å². The Morgan fingerprint density at radius 1 is 0.269 bits per heavy atom. The first-order chi connectivity index (χ1) is 25.7. The number of hydrogen-bond acceptors (Lipinski definition) is 4. The third-order valence-electron chi connectivity index (χ3n) is 9.87. The summed E-state index contributed by atoms with van der Waals surface area (Å²) in [6, 6.07) is 54.7. The first kappa shape index (κ1) is 32.7. The molecule has 0 unspecified atom stereocenters. The molecule has 0 amide bonds. The molecule has 0 saturated carbocycles. The van der Waals surface area contributed by atoms with Crippen LogP contribution in [0, 0.1) is 0 Å². The summed E-state index contributed by atoms with van der Waals surface area (Å²) in [5, 5.41) is 3.87. The van der Waals surface area contributed by atoms with Gasteiger partial charge in [0.05, 0.1) is 28.4 Å². The number of benzene rings is 8. The van der Waals surface area contributed by atoms with Gasteiger partial charge >= 0.3 is 0 Å². The monoisotopic (exact) mass is 678 g/mol. The minimum absolute atomic E-state index is 0.730. The van der Waals surface area contributed by atoms with E-state index < -0.39 is 0 Å². The van der Waals surface area contributed by atoms with Crippen LogP contribution in [0.2, 0.25) is 0 Å². The number of rotatable bonds is 9. The Morgan fingerprint density at radius 2 is 0.577 bits per heavy atom. The molecule has 0 bridgehead atoms. The molecule has 0 saturated heterocycles. The molecule has 8 aromatic carbocycles. The van der Waals surface area contributed by atoms with E-state index in [1.807, 2.05) is 24.3 Å². The molecule has 0 aromatic heterocycles. The Hall–Kier alpha value is -6.52. The van der Waals surface area contributed by atoms with Crippen LogP contribution in [0.1, 0.15) is 0 Å². The van der Waals surface area contributed by atoms with Crippen LogP contribution in [0.3, 0.4) is 0 Å². The van der Waals surface area contributed by atoms with Crippen LogP contribution in [0.5, 0.6) is 23.0 Å². The lowest BCUT2D eigenvalue weighted by molar-refractivity contribution is 0.413. The smallest absolute Gasteiger partial charge is 0.135 e. The van der Waals surface area contributed by atoms with Gasteiger partial charge in [-0.1, -0.05) is 121 Å². The van der Waals surface area contributed by atoms with Gasteiger partial charge in [0, 0.05) is 32.7 Å². The normalized spacial score (nSPS) is 11.1. The van der Waals surface area contributed by atoms with Gasteiger partial charge in [0.25, 0.3) is 0 Å². The Morgan fingerprint density at radius 3 is 0.865 bits per heavy atom. The number of hydrogen-bond donors (Lipinski definition) is 0. The largest absolute Gasteiger partial charge is 0.496 e. The molecule has 0 fully saturated rings.